The molecule has 0 spiro atoms. The average Bonchev–Trinajstić information content (AvgIpc) is 1.79. The molecule has 0 aliphatic rings. The monoisotopic (exact) mass is 286 g/mol. The Kier molecular flexibility index (Phi) is 6.50. The molecule has 0 saturated carbocycles. The van der Waals surface area contributed by atoms with Gasteiger partial charge in [0.2, 0.25) is 0 Å². The van der Waals surface area contributed by atoms with Crippen molar-refractivity contribution in [3.05, 3.63) is 0 Å². The molecule has 62 valence electrons. The molecular weight excluding hydrogens is 278 g/mol. The van der Waals surface area contributed by atoms with Crippen LogP contribution in [-0.4, -0.2) is 50.6 Å². The van der Waals surface area contributed by atoms with Crippen molar-refractivity contribution in [3.8, 4) is 0 Å². The van der Waals surface area contributed by atoms with Gasteiger partial charge in [0.1, 0.15) is 0 Å². The summed E-state index contributed by atoms with van der Waals surface area (Å²) < 4.78 is 44.2. The van der Waals surface area contributed by atoms with Gasteiger partial charge in [-0.3, -0.25) is 0 Å². The van der Waals surface area contributed by atoms with Gasteiger partial charge in [-0.2, -0.15) is 0 Å². The van der Waals surface area contributed by atoms with Crippen LogP contribution in [0.1, 0.15) is 0 Å². The fraction of sp³-hybridized carbons (Fsp3) is 1.00. The quantitative estimate of drug-likeness (QED) is 0.441. The number of hydrogen-bond acceptors (Lipinski definition) is 4. The van der Waals surface area contributed by atoms with Crippen molar-refractivity contribution >= 4 is 29.0 Å². The van der Waals surface area contributed by atoms with Gasteiger partial charge >= 0.3 is 65.9 Å². The number of hydrogen-bond donors (Lipinski definition) is 2. The van der Waals surface area contributed by atoms with Gasteiger partial charge < -0.3 is 0 Å². The molecule has 8 heteroatoms. The molecule has 0 amide bonds. The summed E-state index contributed by atoms with van der Waals surface area (Å²) in [5.74, 6) is 0. The minimum atomic E-state index is -3.12. The van der Waals surface area contributed by atoms with Crippen LogP contribution in [0.25, 0.3) is 0 Å². The van der Waals surface area contributed by atoms with E-state index in [9.17, 15) is 7.67 Å². The van der Waals surface area contributed by atoms with Crippen LogP contribution in [0.2, 0.25) is 0 Å². The third-order valence-electron chi connectivity index (χ3n) is 0.452. The Morgan fingerprint density at radius 1 is 1.00 bits per heavy atom. The topological polar surface area (TPSA) is 93.1 Å². The molecule has 0 heterocycles. The molecule has 0 fully saturated rings. The van der Waals surface area contributed by atoms with Crippen molar-refractivity contribution in [2.75, 3.05) is 13.2 Å². The molecule has 10 heavy (non-hydrogen) atoms. The second-order valence-corrected chi connectivity index (χ2v) is 3.89. The van der Waals surface area contributed by atoms with Gasteiger partial charge in [0, 0.05) is 0 Å². The van der Waals surface area contributed by atoms with Gasteiger partial charge in [-0.05, 0) is 0 Å². The summed E-state index contributed by atoms with van der Waals surface area (Å²) in [4.78, 5) is 0. The SMILES string of the molecule is O=[Se](O)OCCO[Se](=O)O. The van der Waals surface area contributed by atoms with Gasteiger partial charge in [-0.15, -0.1) is 0 Å². The summed E-state index contributed by atoms with van der Waals surface area (Å²) in [6, 6.07) is 0. The third kappa shape index (κ3) is 8.48. The summed E-state index contributed by atoms with van der Waals surface area (Å²) in [5.41, 5.74) is 0. The van der Waals surface area contributed by atoms with Crippen LogP contribution >= 0.6 is 0 Å². The maximum atomic E-state index is 9.84. The van der Waals surface area contributed by atoms with Crippen molar-refractivity contribution in [1.29, 1.82) is 0 Å². The van der Waals surface area contributed by atoms with Gasteiger partial charge in [0.15, 0.2) is 0 Å². The van der Waals surface area contributed by atoms with Crippen LogP contribution in [0.3, 0.4) is 0 Å². The molecule has 0 aliphatic heterocycles. The van der Waals surface area contributed by atoms with Crippen LogP contribution < -0.4 is 0 Å². The summed E-state index contributed by atoms with van der Waals surface area (Å²) in [7, 11) is 0. The third-order valence-corrected chi connectivity index (χ3v) is 2.00. The van der Waals surface area contributed by atoms with Crippen molar-refractivity contribution in [2.24, 2.45) is 0 Å². The first-order chi connectivity index (χ1) is 4.63. The fourth-order valence-corrected chi connectivity index (χ4v) is 1.09. The standard InChI is InChI=1S/C2H6O6Se2/c3-9(4)7-1-2-8-10(5)6/h1-2H2,(H,3,4)(H,5,6). The van der Waals surface area contributed by atoms with Gasteiger partial charge in [0.05, 0.1) is 0 Å². The zero-order valence-electron chi connectivity index (χ0n) is 4.76. The zero-order valence-corrected chi connectivity index (χ0v) is 8.18. The number of rotatable bonds is 5. The molecule has 2 unspecified atom stereocenters. The van der Waals surface area contributed by atoms with E-state index in [1.165, 1.54) is 0 Å². The molecule has 6 nitrogen and oxygen atoms in total. The first kappa shape index (κ1) is 10.5. The van der Waals surface area contributed by atoms with Crippen LogP contribution in [-0.2, 0) is 15.3 Å². The molecule has 0 aliphatic carbocycles. The van der Waals surface area contributed by atoms with Crippen LogP contribution in [0.15, 0.2) is 0 Å². The molecule has 2 N–H and O–H groups in total. The van der Waals surface area contributed by atoms with Crippen LogP contribution in [0.5, 0.6) is 0 Å². The van der Waals surface area contributed by atoms with E-state index < -0.39 is 29.0 Å². The van der Waals surface area contributed by atoms with E-state index in [0.717, 1.165) is 0 Å². The zero-order chi connectivity index (χ0) is 7.98. The van der Waals surface area contributed by atoms with E-state index in [0.29, 0.717) is 0 Å². The Hall–Kier alpha value is 0.479. The first-order valence-electron chi connectivity index (χ1n) is 2.11. The van der Waals surface area contributed by atoms with E-state index in [2.05, 4.69) is 7.64 Å². The van der Waals surface area contributed by atoms with Crippen LogP contribution in [0.4, 0.5) is 0 Å². The molecule has 0 aromatic carbocycles. The molecular formula is C2H6O6Se2. The Morgan fingerprint density at radius 2 is 1.30 bits per heavy atom. The molecule has 0 aromatic rings. The fourth-order valence-electron chi connectivity index (χ4n) is 0.211. The van der Waals surface area contributed by atoms with E-state index >= 15 is 0 Å². The van der Waals surface area contributed by atoms with Crippen molar-refractivity contribution in [2.45, 2.75) is 0 Å². The van der Waals surface area contributed by atoms with Gasteiger partial charge in [-0.25, -0.2) is 0 Å². The molecule has 0 rings (SSSR count). The predicted molar refractivity (Wildman–Crippen MR) is 29.2 cm³/mol. The van der Waals surface area contributed by atoms with Crippen molar-refractivity contribution in [3.63, 3.8) is 0 Å². The van der Waals surface area contributed by atoms with E-state index in [1.807, 2.05) is 0 Å². The maximum absolute atomic E-state index is 9.84. The second-order valence-electron chi connectivity index (χ2n) is 1.08. The van der Waals surface area contributed by atoms with Gasteiger partial charge in [0.25, 0.3) is 0 Å². The minimum absolute atomic E-state index is 0.131. The predicted octanol–water partition coefficient (Wildman–Crippen LogP) is -2.16. The average molecular weight is 284 g/mol. The van der Waals surface area contributed by atoms with Crippen LogP contribution in [0, 0.1) is 0 Å². The molecule has 2 atom stereocenters. The first-order valence-corrected chi connectivity index (χ1v) is 6.44. The molecule has 0 aromatic heterocycles. The Morgan fingerprint density at radius 3 is 1.50 bits per heavy atom. The Labute approximate surface area is 66.2 Å². The molecule has 0 radical (unpaired) electrons. The van der Waals surface area contributed by atoms with E-state index in [1.54, 1.807) is 0 Å². The summed E-state index contributed by atoms with van der Waals surface area (Å²) in [5, 5.41) is 0. The summed E-state index contributed by atoms with van der Waals surface area (Å²) in [6.45, 7) is -0.263. The Balaban J connectivity index is 3.06. The molecule has 0 bridgehead atoms. The summed E-state index contributed by atoms with van der Waals surface area (Å²) >= 11 is -6.24. The Bertz CT molecular complexity index is 118. The second kappa shape index (κ2) is 6.21. The summed E-state index contributed by atoms with van der Waals surface area (Å²) in [6.07, 6.45) is 0. The van der Waals surface area contributed by atoms with E-state index in [4.69, 9.17) is 8.38 Å². The van der Waals surface area contributed by atoms with Gasteiger partial charge in [-0.1, -0.05) is 0 Å². The van der Waals surface area contributed by atoms with E-state index in [-0.39, 0.29) is 13.2 Å². The van der Waals surface area contributed by atoms with Crippen molar-refractivity contribution < 1.29 is 23.7 Å². The van der Waals surface area contributed by atoms with Crippen molar-refractivity contribution in [1.82, 2.24) is 0 Å². The normalized spacial score (nSPS) is 16.6. The molecule has 0 saturated heterocycles.